The molecule has 1 saturated heterocycles. The maximum Gasteiger partial charge on any atom is 0.303 e. The monoisotopic (exact) mass is 358 g/mol. The number of ether oxygens (including phenoxy) is 2. The second kappa shape index (κ2) is 7.36. The molecule has 2 aliphatic rings. The molecule has 7 nitrogen and oxygen atoms in total. The summed E-state index contributed by atoms with van der Waals surface area (Å²) < 4.78 is 11.1. The van der Waals surface area contributed by atoms with Gasteiger partial charge in [0, 0.05) is 37.3 Å². The Balaban J connectivity index is 2.03. The minimum Gasteiger partial charge on any atom is -0.490 e. The average molecular weight is 358 g/mol. The lowest BCUT2D eigenvalue weighted by molar-refractivity contribution is -0.130. The summed E-state index contributed by atoms with van der Waals surface area (Å²) >= 11 is 0. The molecule has 1 aromatic carbocycles. The van der Waals surface area contributed by atoms with Crippen LogP contribution in [0.5, 0.6) is 5.75 Å². The Kier molecular flexibility index (Phi) is 5.16. The van der Waals surface area contributed by atoms with Crippen LogP contribution in [-0.4, -0.2) is 41.8 Å². The van der Waals surface area contributed by atoms with Crippen LogP contribution in [0.25, 0.3) is 0 Å². The Morgan fingerprint density at radius 3 is 2.62 bits per heavy atom. The first-order valence-corrected chi connectivity index (χ1v) is 8.61. The van der Waals surface area contributed by atoms with Gasteiger partial charge >= 0.3 is 5.91 Å². The summed E-state index contributed by atoms with van der Waals surface area (Å²) in [5.41, 5.74) is 5.35. The number of hydrogen-bond acceptors (Lipinski definition) is 5. The van der Waals surface area contributed by atoms with Crippen molar-refractivity contribution in [1.29, 1.82) is 0 Å². The van der Waals surface area contributed by atoms with Gasteiger partial charge in [0.05, 0.1) is 12.7 Å². The Morgan fingerprint density at radius 2 is 2.08 bits per heavy atom. The molecule has 2 amide bonds. The number of benzene rings is 1. The van der Waals surface area contributed by atoms with E-state index >= 15 is 0 Å². The summed E-state index contributed by atoms with van der Waals surface area (Å²) in [5.74, 6) is 1.35. The molecule has 0 radical (unpaired) electrons. The number of carbonyl (C=O) groups is 2. The van der Waals surface area contributed by atoms with E-state index in [0.717, 1.165) is 12.8 Å². The van der Waals surface area contributed by atoms with E-state index in [1.54, 1.807) is 18.2 Å². The van der Waals surface area contributed by atoms with Gasteiger partial charge in [-0.25, -0.2) is 0 Å². The highest BCUT2D eigenvalue weighted by Crippen LogP contribution is 2.36. The summed E-state index contributed by atoms with van der Waals surface area (Å²) in [7, 11) is 0. The van der Waals surface area contributed by atoms with Crippen molar-refractivity contribution in [1.82, 2.24) is 0 Å². The number of amides is 2. The third-order valence-electron chi connectivity index (χ3n) is 4.82. The lowest BCUT2D eigenvalue weighted by Gasteiger charge is -2.43. The van der Waals surface area contributed by atoms with Crippen LogP contribution in [-0.2, 0) is 20.9 Å². The van der Waals surface area contributed by atoms with Crippen LogP contribution in [0.15, 0.2) is 18.2 Å². The SMILES string of the molecule is C#CC(=O)N(c1ccc(OC2CC2)c(CO)c1)C1(C(N)=O)CCOCC1. The molecule has 26 heavy (non-hydrogen) atoms. The molecule has 0 bridgehead atoms. The van der Waals surface area contributed by atoms with E-state index in [-0.39, 0.29) is 25.6 Å². The van der Waals surface area contributed by atoms with Crippen LogP contribution < -0.4 is 15.4 Å². The van der Waals surface area contributed by atoms with Gasteiger partial charge in [-0.2, -0.15) is 0 Å². The molecule has 7 heteroatoms. The molecular formula is C19H22N2O5. The van der Waals surface area contributed by atoms with Crippen molar-refractivity contribution in [2.45, 2.75) is 43.9 Å². The summed E-state index contributed by atoms with van der Waals surface area (Å²) in [4.78, 5) is 26.1. The van der Waals surface area contributed by atoms with E-state index in [4.69, 9.17) is 21.6 Å². The summed E-state index contributed by atoms with van der Waals surface area (Å²) in [6.07, 6.45) is 8.00. The fourth-order valence-corrected chi connectivity index (χ4v) is 3.22. The number of carbonyl (C=O) groups excluding carboxylic acids is 2. The number of aliphatic hydroxyl groups is 1. The molecule has 1 heterocycles. The van der Waals surface area contributed by atoms with E-state index in [0.29, 0.717) is 30.2 Å². The van der Waals surface area contributed by atoms with Crippen LogP contribution in [0.3, 0.4) is 0 Å². The molecule has 0 unspecified atom stereocenters. The highest BCUT2D eigenvalue weighted by atomic mass is 16.5. The molecule has 138 valence electrons. The van der Waals surface area contributed by atoms with Gasteiger partial charge in [0.2, 0.25) is 5.91 Å². The molecule has 1 aliphatic carbocycles. The van der Waals surface area contributed by atoms with Gasteiger partial charge < -0.3 is 20.3 Å². The number of hydrogen-bond donors (Lipinski definition) is 2. The van der Waals surface area contributed by atoms with E-state index < -0.39 is 17.4 Å². The fraction of sp³-hybridized carbons (Fsp3) is 0.474. The smallest absolute Gasteiger partial charge is 0.303 e. The third-order valence-corrected chi connectivity index (χ3v) is 4.82. The molecule has 3 rings (SSSR count). The normalized spacial score (nSPS) is 18.6. The summed E-state index contributed by atoms with van der Waals surface area (Å²) in [6, 6.07) is 4.96. The Bertz CT molecular complexity index is 745. The largest absolute Gasteiger partial charge is 0.490 e. The Labute approximate surface area is 152 Å². The number of aliphatic hydroxyl groups excluding tert-OH is 1. The lowest BCUT2D eigenvalue weighted by atomic mass is 9.86. The minimum atomic E-state index is -1.26. The lowest BCUT2D eigenvalue weighted by Crippen LogP contribution is -2.62. The van der Waals surface area contributed by atoms with Gasteiger partial charge in [0.1, 0.15) is 11.3 Å². The first-order chi connectivity index (χ1) is 12.5. The van der Waals surface area contributed by atoms with Crippen LogP contribution in [0.1, 0.15) is 31.2 Å². The van der Waals surface area contributed by atoms with Crippen molar-refractivity contribution in [3.05, 3.63) is 23.8 Å². The highest BCUT2D eigenvalue weighted by molar-refractivity contribution is 6.11. The Morgan fingerprint density at radius 1 is 1.38 bits per heavy atom. The molecule has 0 atom stereocenters. The van der Waals surface area contributed by atoms with E-state index in [2.05, 4.69) is 5.92 Å². The van der Waals surface area contributed by atoms with Gasteiger partial charge in [0.25, 0.3) is 0 Å². The minimum absolute atomic E-state index is 0.169. The zero-order valence-corrected chi connectivity index (χ0v) is 14.4. The topological polar surface area (TPSA) is 102 Å². The molecule has 3 N–H and O–H groups in total. The predicted molar refractivity (Wildman–Crippen MR) is 94.3 cm³/mol. The second-order valence-corrected chi connectivity index (χ2v) is 6.56. The van der Waals surface area contributed by atoms with E-state index in [1.807, 2.05) is 0 Å². The number of terminal acetylenes is 1. The van der Waals surface area contributed by atoms with E-state index in [1.165, 1.54) is 4.90 Å². The van der Waals surface area contributed by atoms with Gasteiger partial charge in [-0.05, 0) is 37.0 Å². The molecular weight excluding hydrogens is 336 g/mol. The number of nitrogens with zero attached hydrogens (tertiary/aromatic N) is 1. The molecule has 0 spiro atoms. The molecule has 2 fully saturated rings. The van der Waals surface area contributed by atoms with Crippen molar-refractivity contribution in [3.8, 4) is 18.1 Å². The third kappa shape index (κ3) is 3.39. The number of rotatable bonds is 6. The summed E-state index contributed by atoms with van der Waals surface area (Å²) in [5, 5.41) is 9.70. The van der Waals surface area contributed by atoms with Gasteiger partial charge in [-0.3, -0.25) is 14.5 Å². The van der Waals surface area contributed by atoms with Gasteiger partial charge in [0.15, 0.2) is 0 Å². The highest BCUT2D eigenvalue weighted by Gasteiger charge is 2.47. The Hall–Kier alpha value is -2.56. The maximum atomic E-state index is 12.5. The van der Waals surface area contributed by atoms with Crippen molar-refractivity contribution in [3.63, 3.8) is 0 Å². The maximum absolute atomic E-state index is 12.5. The van der Waals surface area contributed by atoms with Crippen LogP contribution in [0.4, 0.5) is 5.69 Å². The van der Waals surface area contributed by atoms with Crippen LogP contribution in [0, 0.1) is 12.3 Å². The average Bonchev–Trinajstić information content (AvgIpc) is 3.47. The quantitative estimate of drug-likeness (QED) is 0.730. The van der Waals surface area contributed by atoms with Crippen LogP contribution >= 0.6 is 0 Å². The number of anilines is 1. The first-order valence-electron chi connectivity index (χ1n) is 8.61. The summed E-state index contributed by atoms with van der Waals surface area (Å²) in [6.45, 7) is 0.334. The zero-order chi connectivity index (χ0) is 18.7. The number of nitrogens with two attached hydrogens (primary N) is 1. The standard InChI is InChI=1S/C19H22N2O5/c1-2-17(23)21(19(18(20)24)7-9-25-10-8-19)14-3-6-16(13(11-14)12-22)26-15-4-5-15/h1,3,6,11,15,22H,4-5,7-10,12H2,(H2,20,24). The van der Waals surface area contributed by atoms with E-state index in [9.17, 15) is 14.7 Å². The molecule has 1 aromatic rings. The molecule has 1 saturated carbocycles. The van der Waals surface area contributed by atoms with Crippen molar-refractivity contribution in [2.75, 3.05) is 18.1 Å². The van der Waals surface area contributed by atoms with Crippen molar-refractivity contribution in [2.24, 2.45) is 5.73 Å². The van der Waals surface area contributed by atoms with Gasteiger partial charge in [-0.15, -0.1) is 6.42 Å². The molecule has 1 aliphatic heterocycles. The van der Waals surface area contributed by atoms with Crippen LogP contribution in [0.2, 0.25) is 0 Å². The van der Waals surface area contributed by atoms with Gasteiger partial charge in [-0.1, -0.05) is 0 Å². The van der Waals surface area contributed by atoms with Crippen molar-refractivity contribution < 1.29 is 24.2 Å². The molecule has 0 aromatic heterocycles. The fourth-order valence-electron chi connectivity index (χ4n) is 3.22. The zero-order valence-electron chi connectivity index (χ0n) is 14.4. The number of primary amides is 1. The van der Waals surface area contributed by atoms with Crippen molar-refractivity contribution >= 4 is 17.5 Å². The second-order valence-electron chi connectivity index (χ2n) is 6.56. The first kappa shape index (κ1) is 18.2. The predicted octanol–water partition coefficient (Wildman–Crippen LogP) is 0.721.